The molecule has 0 aromatic carbocycles. The number of aliphatic hydroxyl groups excluding tert-OH is 5. The Hall–Kier alpha value is -1.67. The molecule has 0 radical (unpaired) electrons. The maximum atomic E-state index is 12.8. The lowest BCUT2D eigenvalue weighted by atomic mass is 9.85. The van der Waals surface area contributed by atoms with E-state index in [1.807, 2.05) is 18.2 Å². The third-order valence-corrected chi connectivity index (χ3v) is 11.3. The molecule has 1 fully saturated rings. The Bertz CT molecular complexity index is 1100. The molecule has 6 atom stereocenters. The van der Waals surface area contributed by atoms with Crippen LogP contribution in [-0.4, -0.2) is 98.3 Å². The highest BCUT2D eigenvalue weighted by Gasteiger charge is 2.51. The highest BCUT2D eigenvalue weighted by molar-refractivity contribution is 7.47. The summed E-state index contributed by atoms with van der Waals surface area (Å²) in [6.07, 6.45) is 22.7. The SMILES string of the molecule is CCCCCCCCCCCC=CCCC(=O)OCC(COP(=O)(O)OC1C(O)C(O)C(O)C(O)C1O)OC(=O)CCC=CCCCCCCCCCCCCC. The first kappa shape index (κ1) is 53.3. The molecular weight excluding hydrogens is 755 g/mol. The van der Waals surface area contributed by atoms with Crippen LogP contribution in [-0.2, 0) is 32.7 Å². The average Bonchev–Trinajstić information content (AvgIpc) is 3.19. The van der Waals surface area contributed by atoms with E-state index in [0.717, 1.165) is 25.7 Å². The molecule has 57 heavy (non-hydrogen) atoms. The Labute approximate surface area is 343 Å². The van der Waals surface area contributed by atoms with E-state index in [0.29, 0.717) is 12.8 Å². The summed E-state index contributed by atoms with van der Waals surface area (Å²) in [4.78, 5) is 35.5. The fourth-order valence-electron chi connectivity index (χ4n) is 6.68. The first-order chi connectivity index (χ1) is 27.4. The second-order valence-electron chi connectivity index (χ2n) is 15.5. The Morgan fingerprint density at radius 3 is 1.33 bits per heavy atom. The van der Waals surface area contributed by atoms with E-state index in [4.69, 9.17) is 18.5 Å². The first-order valence-corrected chi connectivity index (χ1v) is 23.6. The number of esters is 2. The van der Waals surface area contributed by atoms with Crippen molar-refractivity contribution in [2.75, 3.05) is 13.2 Å². The van der Waals surface area contributed by atoms with Crippen LogP contribution in [0, 0.1) is 0 Å². The summed E-state index contributed by atoms with van der Waals surface area (Å²) in [5.41, 5.74) is 0. The van der Waals surface area contributed by atoms with E-state index in [1.165, 1.54) is 116 Å². The van der Waals surface area contributed by atoms with Crippen molar-refractivity contribution in [2.45, 2.75) is 224 Å². The molecule has 13 nitrogen and oxygen atoms in total. The van der Waals surface area contributed by atoms with Crippen LogP contribution in [0.25, 0.3) is 0 Å². The molecule has 0 spiro atoms. The van der Waals surface area contributed by atoms with Crippen molar-refractivity contribution in [2.24, 2.45) is 0 Å². The molecule has 1 aliphatic carbocycles. The molecule has 0 aliphatic heterocycles. The predicted molar refractivity (Wildman–Crippen MR) is 221 cm³/mol. The second-order valence-corrected chi connectivity index (χ2v) is 16.9. The topological polar surface area (TPSA) is 210 Å². The Morgan fingerprint density at radius 1 is 0.526 bits per heavy atom. The summed E-state index contributed by atoms with van der Waals surface area (Å²) in [6, 6.07) is 0. The van der Waals surface area contributed by atoms with Gasteiger partial charge in [-0.2, -0.15) is 0 Å². The van der Waals surface area contributed by atoms with Gasteiger partial charge in [0.15, 0.2) is 6.10 Å². The molecule has 0 aromatic heterocycles. The minimum atomic E-state index is -5.13. The van der Waals surface area contributed by atoms with E-state index >= 15 is 0 Å². The molecule has 14 heteroatoms. The van der Waals surface area contributed by atoms with Gasteiger partial charge in [0.05, 0.1) is 6.61 Å². The molecule has 0 bridgehead atoms. The number of carbonyl (C=O) groups excluding carboxylic acids is 2. The van der Waals surface area contributed by atoms with E-state index in [-0.39, 0.29) is 12.8 Å². The van der Waals surface area contributed by atoms with E-state index < -0.39 is 75.7 Å². The largest absolute Gasteiger partial charge is 0.472 e. The zero-order valence-corrected chi connectivity index (χ0v) is 36.0. The van der Waals surface area contributed by atoms with E-state index in [9.17, 15) is 44.6 Å². The molecule has 6 unspecified atom stereocenters. The van der Waals surface area contributed by atoms with Gasteiger partial charge in [0, 0.05) is 12.8 Å². The number of carbonyl (C=O) groups is 2. The van der Waals surface area contributed by atoms with Gasteiger partial charge in [0.1, 0.15) is 43.2 Å². The van der Waals surface area contributed by atoms with Crippen LogP contribution < -0.4 is 0 Å². The molecule has 0 amide bonds. The summed E-state index contributed by atoms with van der Waals surface area (Å²) >= 11 is 0. The van der Waals surface area contributed by atoms with Gasteiger partial charge in [0.25, 0.3) is 0 Å². The third kappa shape index (κ3) is 26.9. The van der Waals surface area contributed by atoms with Gasteiger partial charge < -0.3 is 39.9 Å². The Kier molecular flexibility index (Phi) is 31.9. The van der Waals surface area contributed by atoms with Gasteiger partial charge in [-0.05, 0) is 38.5 Å². The monoisotopic (exact) mass is 835 g/mol. The van der Waals surface area contributed by atoms with Crippen LogP contribution in [0.4, 0.5) is 0 Å². The Balaban J connectivity index is 2.52. The van der Waals surface area contributed by atoms with Gasteiger partial charge in [-0.25, -0.2) is 4.57 Å². The Morgan fingerprint density at radius 2 is 0.895 bits per heavy atom. The number of aliphatic hydroxyl groups is 5. The van der Waals surface area contributed by atoms with Crippen molar-refractivity contribution in [3.63, 3.8) is 0 Å². The number of hydrogen-bond acceptors (Lipinski definition) is 12. The van der Waals surface area contributed by atoms with Crippen LogP contribution in [0.1, 0.15) is 181 Å². The number of ether oxygens (including phenoxy) is 2. The molecule has 1 saturated carbocycles. The molecule has 0 heterocycles. The van der Waals surface area contributed by atoms with Gasteiger partial charge >= 0.3 is 19.8 Å². The average molecular weight is 835 g/mol. The summed E-state index contributed by atoms with van der Waals surface area (Å²) in [5.74, 6) is -1.21. The lowest BCUT2D eigenvalue weighted by Gasteiger charge is -2.41. The van der Waals surface area contributed by atoms with E-state index in [1.54, 1.807) is 0 Å². The number of allylic oxidation sites excluding steroid dienone is 4. The van der Waals surface area contributed by atoms with Crippen molar-refractivity contribution in [3.8, 4) is 0 Å². The van der Waals surface area contributed by atoms with Crippen molar-refractivity contribution in [3.05, 3.63) is 24.3 Å². The first-order valence-electron chi connectivity index (χ1n) is 22.1. The molecule has 1 rings (SSSR count). The highest BCUT2D eigenvalue weighted by atomic mass is 31.2. The van der Waals surface area contributed by atoms with Crippen molar-refractivity contribution < 1.29 is 63.1 Å². The zero-order valence-electron chi connectivity index (χ0n) is 35.1. The second kappa shape index (κ2) is 34.1. The third-order valence-electron chi connectivity index (χ3n) is 10.3. The molecule has 334 valence electrons. The summed E-state index contributed by atoms with van der Waals surface area (Å²) in [5, 5.41) is 50.0. The van der Waals surface area contributed by atoms with Gasteiger partial charge in [0.2, 0.25) is 0 Å². The van der Waals surface area contributed by atoms with Gasteiger partial charge in [-0.15, -0.1) is 0 Å². The summed E-state index contributed by atoms with van der Waals surface area (Å²) < 4.78 is 33.3. The van der Waals surface area contributed by atoms with E-state index in [2.05, 4.69) is 19.9 Å². The zero-order chi connectivity index (χ0) is 42.2. The standard InChI is InChI=1S/C43H79O13P/c1-3-5-7-9-11-13-15-17-18-20-22-24-26-28-30-32-37(45)55-35(34-54-57(51,52)56-43-41(49)39(47)38(46)40(48)42(43)50)33-53-36(44)31-29-27-25-23-21-19-16-14-12-10-8-6-4-2/h25-28,35,38-43,46-50H,3-24,29-34H2,1-2H3,(H,51,52). The van der Waals surface area contributed by atoms with Crippen LogP contribution in [0.2, 0.25) is 0 Å². The minimum Gasteiger partial charge on any atom is -0.462 e. The lowest BCUT2D eigenvalue weighted by molar-refractivity contribution is -0.220. The lowest BCUT2D eigenvalue weighted by Crippen LogP contribution is -2.64. The summed E-state index contributed by atoms with van der Waals surface area (Å²) in [7, 11) is -5.13. The normalized spacial score (nSPS) is 22.9. The molecule has 6 N–H and O–H groups in total. The van der Waals surface area contributed by atoms with Crippen LogP contribution >= 0.6 is 7.82 Å². The van der Waals surface area contributed by atoms with Gasteiger partial charge in [-0.1, -0.05) is 154 Å². The quantitative estimate of drug-likeness (QED) is 0.0153. The smallest absolute Gasteiger partial charge is 0.462 e. The number of phosphoric ester groups is 1. The maximum Gasteiger partial charge on any atom is 0.472 e. The highest BCUT2D eigenvalue weighted by Crippen LogP contribution is 2.47. The molecule has 0 saturated heterocycles. The maximum absolute atomic E-state index is 12.8. The van der Waals surface area contributed by atoms with Gasteiger partial charge in [-0.3, -0.25) is 18.6 Å². The summed E-state index contributed by atoms with van der Waals surface area (Å²) in [6.45, 7) is 3.22. The molecule has 0 aromatic rings. The molecular formula is C43H79O13P. The minimum absolute atomic E-state index is 0.00873. The fraction of sp³-hybridized carbons (Fsp3) is 0.860. The number of hydrogen-bond donors (Lipinski definition) is 6. The number of unbranched alkanes of at least 4 members (excludes halogenated alkanes) is 20. The fourth-order valence-corrected chi connectivity index (χ4v) is 7.65. The molecule has 1 aliphatic rings. The van der Waals surface area contributed by atoms with Crippen molar-refractivity contribution in [1.29, 1.82) is 0 Å². The van der Waals surface area contributed by atoms with Crippen LogP contribution in [0.15, 0.2) is 24.3 Å². The van der Waals surface area contributed by atoms with Crippen LogP contribution in [0.5, 0.6) is 0 Å². The number of phosphoric acid groups is 1. The van der Waals surface area contributed by atoms with Crippen molar-refractivity contribution in [1.82, 2.24) is 0 Å². The van der Waals surface area contributed by atoms with Crippen LogP contribution in [0.3, 0.4) is 0 Å². The predicted octanol–water partition coefficient (Wildman–Crippen LogP) is 8.06. The number of rotatable bonds is 36. The van der Waals surface area contributed by atoms with Crippen molar-refractivity contribution >= 4 is 19.8 Å².